The molecule has 1 aromatic rings. The van der Waals surface area contributed by atoms with Crippen molar-refractivity contribution in [2.75, 3.05) is 13.1 Å². The Labute approximate surface area is 138 Å². The van der Waals surface area contributed by atoms with Crippen molar-refractivity contribution in [1.29, 1.82) is 0 Å². The Morgan fingerprint density at radius 2 is 2.05 bits per heavy atom. The zero-order chi connectivity index (χ0) is 15.9. The number of aromatic nitrogens is 1. The molecule has 2 N–H and O–H groups in total. The van der Waals surface area contributed by atoms with E-state index in [4.69, 9.17) is 0 Å². The van der Waals surface area contributed by atoms with Gasteiger partial charge in [-0.25, -0.2) is 9.98 Å². The van der Waals surface area contributed by atoms with Gasteiger partial charge in [0.05, 0.1) is 12.2 Å². The van der Waals surface area contributed by atoms with Crippen LogP contribution in [0.3, 0.4) is 0 Å². The van der Waals surface area contributed by atoms with Crippen LogP contribution in [0.25, 0.3) is 0 Å². The highest BCUT2D eigenvalue weighted by Gasteiger charge is 2.21. The van der Waals surface area contributed by atoms with Gasteiger partial charge in [-0.3, -0.25) is 0 Å². The number of nitrogens with one attached hydrogen (secondary N) is 2. The van der Waals surface area contributed by atoms with E-state index >= 15 is 0 Å². The van der Waals surface area contributed by atoms with Crippen molar-refractivity contribution in [2.45, 2.75) is 59.9 Å². The molecule has 1 fully saturated rings. The van der Waals surface area contributed by atoms with Crippen molar-refractivity contribution < 1.29 is 0 Å². The zero-order valence-corrected chi connectivity index (χ0v) is 15.2. The molecule has 4 nitrogen and oxygen atoms in total. The molecule has 0 spiro atoms. The topological polar surface area (TPSA) is 49.3 Å². The molecule has 0 bridgehead atoms. The second-order valence-electron chi connectivity index (χ2n) is 6.35. The Balaban J connectivity index is 1.89. The fourth-order valence-electron chi connectivity index (χ4n) is 3.02. The van der Waals surface area contributed by atoms with E-state index in [0.717, 1.165) is 41.6 Å². The third-order valence-corrected chi connectivity index (χ3v) is 5.67. The van der Waals surface area contributed by atoms with Crippen LogP contribution in [0.5, 0.6) is 0 Å². The number of thiazole rings is 1. The number of rotatable bonds is 5. The minimum absolute atomic E-state index is 0.662. The molecule has 0 radical (unpaired) electrons. The van der Waals surface area contributed by atoms with Crippen molar-refractivity contribution in [3.63, 3.8) is 0 Å². The average Bonchev–Trinajstić information content (AvgIpc) is 2.82. The number of aryl methyl sites for hydroxylation is 2. The Bertz CT molecular complexity index is 475. The SMILES string of the molecule is CCNC(=NCc1nc(C)c(C)s1)NCC1CCCCC1C. The van der Waals surface area contributed by atoms with Crippen LogP contribution in [0.2, 0.25) is 0 Å². The molecule has 0 aromatic carbocycles. The molecule has 124 valence electrons. The standard InChI is InChI=1S/C17H30N4S/c1-5-18-17(19-10-15-9-7-6-8-12(15)2)20-11-16-21-13(3)14(4)22-16/h12,15H,5-11H2,1-4H3,(H2,18,19,20). The molecule has 2 unspecified atom stereocenters. The van der Waals surface area contributed by atoms with Crippen LogP contribution in [0.15, 0.2) is 4.99 Å². The maximum absolute atomic E-state index is 4.69. The lowest BCUT2D eigenvalue weighted by molar-refractivity contribution is 0.256. The van der Waals surface area contributed by atoms with Crippen molar-refractivity contribution >= 4 is 17.3 Å². The number of guanidine groups is 1. The molecule has 1 aliphatic carbocycles. The van der Waals surface area contributed by atoms with Gasteiger partial charge in [0, 0.05) is 18.0 Å². The van der Waals surface area contributed by atoms with Crippen LogP contribution in [-0.4, -0.2) is 24.0 Å². The highest BCUT2D eigenvalue weighted by Crippen LogP contribution is 2.28. The van der Waals surface area contributed by atoms with E-state index in [1.165, 1.54) is 30.6 Å². The number of hydrogen-bond donors (Lipinski definition) is 2. The quantitative estimate of drug-likeness (QED) is 0.643. The molecule has 2 rings (SSSR count). The van der Waals surface area contributed by atoms with Crippen LogP contribution in [0.4, 0.5) is 0 Å². The van der Waals surface area contributed by atoms with Crippen molar-refractivity contribution in [3.05, 3.63) is 15.6 Å². The van der Waals surface area contributed by atoms with E-state index in [0.29, 0.717) is 6.54 Å². The normalized spacial score (nSPS) is 22.6. The first-order chi connectivity index (χ1) is 10.6. The summed E-state index contributed by atoms with van der Waals surface area (Å²) in [6, 6.07) is 0. The maximum atomic E-state index is 4.69. The van der Waals surface area contributed by atoms with E-state index in [1.54, 1.807) is 11.3 Å². The fraction of sp³-hybridized carbons (Fsp3) is 0.765. The van der Waals surface area contributed by atoms with Gasteiger partial charge >= 0.3 is 0 Å². The molecule has 2 atom stereocenters. The number of nitrogens with zero attached hydrogens (tertiary/aromatic N) is 2. The summed E-state index contributed by atoms with van der Waals surface area (Å²) in [7, 11) is 0. The summed E-state index contributed by atoms with van der Waals surface area (Å²) in [6.07, 6.45) is 5.49. The van der Waals surface area contributed by atoms with Gasteiger partial charge in [0.1, 0.15) is 5.01 Å². The molecule has 1 saturated carbocycles. The predicted molar refractivity (Wildman–Crippen MR) is 95.5 cm³/mol. The number of aliphatic imine (C=N–C) groups is 1. The van der Waals surface area contributed by atoms with Crippen LogP contribution < -0.4 is 10.6 Å². The zero-order valence-electron chi connectivity index (χ0n) is 14.4. The minimum Gasteiger partial charge on any atom is -0.357 e. The summed E-state index contributed by atoms with van der Waals surface area (Å²) in [4.78, 5) is 10.5. The molecule has 1 heterocycles. The van der Waals surface area contributed by atoms with Gasteiger partial charge in [-0.05, 0) is 39.0 Å². The van der Waals surface area contributed by atoms with Crippen LogP contribution in [0, 0.1) is 25.7 Å². The molecule has 1 aliphatic rings. The molecule has 0 saturated heterocycles. The summed E-state index contributed by atoms with van der Waals surface area (Å²) >= 11 is 1.75. The van der Waals surface area contributed by atoms with Gasteiger partial charge in [0.25, 0.3) is 0 Å². The van der Waals surface area contributed by atoms with E-state index in [2.05, 4.69) is 48.3 Å². The second kappa shape index (κ2) is 8.51. The molecule has 1 aromatic heterocycles. The predicted octanol–water partition coefficient (Wildman–Crippen LogP) is 3.64. The molecular weight excluding hydrogens is 292 g/mol. The molecule has 0 amide bonds. The highest BCUT2D eigenvalue weighted by molar-refractivity contribution is 7.11. The first-order valence-corrected chi connectivity index (χ1v) is 9.36. The van der Waals surface area contributed by atoms with Crippen molar-refractivity contribution in [2.24, 2.45) is 16.8 Å². The monoisotopic (exact) mass is 322 g/mol. The Morgan fingerprint density at radius 1 is 1.27 bits per heavy atom. The lowest BCUT2D eigenvalue weighted by Crippen LogP contribution is -2.41. The van der Waals surface area contributed by atoms with Crippen molar-refractivity contribution in [3.8, 4) is 0 Å². The fourth-order valence-corrected chi connectivity index (χ4v) is 3.88. The van der Waals surface area contributed by atoms with Gasteiger partial charge in [-0.1, -0.05) is 26.2 Å². The molecule has 22 heavy (non-hydrogen) atoms. The smallest absolute Gasteiger partial charge is 0.191 e. The van der Waals surface area contributed by atoms with Gasteiger partial charge in [0.15, 0.2) is 5.96 Å². The summed E-state index contributed by atoms with van der Waals surface area (Å²) < 4.78 is 0. The Kier molecular flexibility index (Phi) is 6.68. The summed E-state index contributed by atoms with van der Waals surface area (Å²) in [5.41, 5.74) is 1.13. The maximum Gasteiger partial charge on any atom is 0.191 e. The Hall–Kier alpha value is -1.10. The Morgan fingerprint density at radius 3 is 2.68 bits per heavy atom. The van der Waals surface area contributed by atoms with Gasteiger partial charge in [-0.2, -0.15) is 0 Å². The first-order valence-electron chi connectivity index (χ1n) is 8.55. The van der Waals surface area contributed by atoms with E-state index in [1.807, 2.05) is 0 Å². The summed E-state index contributed by atoms with van der Waals surface area (Å²) in [6.45, 7) is 11.3. The van der Waals surface area contributed by atoms with E-state index in [9.17, 15) is 0 Å². The van der Waals surface area contributed by atoms with Crippen LogP contribution >= 0.6 is 11.3 Å². The third-order valence-electron chi connectivity index (χ3n) is 4.61. The summed E-state index contributed by atoms with van der Waals surface area (Å²) in [5.74, 6) is 2.53. The average molecular weight is 323 g/mol. The highest BCUT2D eigenvalue weighted by atomic mass is 32.1. The first kappa shape index (κ1) is 17.3. The van der Waals surface area contributed by atoms with Crippen LogP contribution in [0.1, 0.15) is 55.1 Å². The molecule has 5 heteroatoms. The third kappa shape index (κ3) is 4.97. The molecular formula is C17H30N4S. The van der Waals surface area contributed by atoms with Gasteiger partial charge in [0.2, 0.25) is 0 Å². The lowest BCUT2D eigenvalue weighted by atomic mass is 9.80. The summed E-state index contributed by atoms with van der Waals surface area (Å²) in [5, 5.41) is 7.97. The molecule has 0 aliphatic heterocycles. The van der Waals surface area contributed by atoms with Gasteiger partial charge < -0.3 is 10.6 Å². The number of hydrogen-bond acceptors (Lipinski definition) is 3. The van der Waals surface area contributed by atoms with E-state index < -0.39 is 0 Å². The second-order valence-corrected chi connectivity index (χ2v) is 7.63. The van der Waals surface area contributed by atoms with Crippen molar-refractivity contribution in [1.82, 2.24) is 15.6 Å². The largest absolute Gasteiger partial charge is 0.357 e. The minimum atomic E-state index is 0.662. The van der Waals surface area contributed by atoms with Crippen LogP contribution in [-0.2, 0) is 6.54 Å². The lowest BCUT2D eigenvalue weighted by Gasteiger charge is -2.29. The van der Waals surface area contributed by atoms with E-state index in [-0.39, 0.29) is 0 Å². The van der Waals surface area contributed by atoms with Gasteiger partial charge in [-0.15, -0.1) is 11.3 Å².